The maximum atomic E-state index is 13.2. The van der Waals surface area contributed by atoms with Crippen molar-refractivity contribution in [2.75, 3.05) is 6.54 Å². The number of nitrogens with one attached hydrogen (secondary N) is 1. The highest BCUT2D eigenvalue weighted by atomic mass is 35.5. The lowest BCUT2D eigenvalue weighted by Gasteiger charge is -2.41. The summed E-state index contributed by atoms with van der Waals surface area (Å²) in [7, 11) is 0. The number of hydrogen-bond donors (Lipinski definition) is 1. The number of carbonyl (C=O) groups is 3. The number of halogens is 2. The van der Waals surface area contributed by atoms with Crippen LogP contribution >= 0.6 is 35.0 Å². The van der Waals surface area contributed by atoms with E-state index in [4.69, 9.17) is 23.2 Å². The van der Waals surface area contributed by atoms with Gasteiger partial charge in [0.05, 0.1) is 6.04 Å². The summed E-state index contributed by atoms with van der Waals surface area (Å²) in [4.78, 5) is 41.4. The molecule has 0 bridgehead atoms. The van der Waals surface area contributed by atoms with E-state index < -0.39 is 11.3 Å². The largest absolute Gasteiger partial charge is 0.352 e. The van der Waals surface area contributed by atoms with Crippen molar-refractivity contribution in [3.8, 4) is 0 Å². The van der Waals surface area contributed by atoms with E-state index in [9.17, 15) is 14.4 Å². The summed E-state index contributed by atoms with van der Waals surface area (Å²) in [5, 5.41) is 5.45. The fraction of sp³-hybridized carbons (Fsp3) is 0.261. The zero-order valence-corrected chi connectivity index (χ0v) is 19.4. The van der Waals surface area contributed by atoms with Crippen molar-refractivity contribution < 1.29 is 14.4 Å². The van der Waals surface area contributed by atoms with Crippen LogP contribution in [0, 0.1) is 0 Å². The molecule has 0 saturated carbocycles. The Morgan fingerprint density at radius 3 is 2.56 bits per heavy atom. The monoisotopic (exact) mass is 489 g/mol. The topological polar surface area (TPSA) is 69.7 Å². The van der Waals surface area contributed by atoms with Crippen molar-refractivity contribution in [1.29, 1.82) is 0 Å². The van der Waals surface area contributed by atoms with Crippen molar-refractivity contribution in [1.82, 2.24) is 15.1 Å². The molecule has 2 aliphatic heterocycles. The van der Waals surface area contributed by atoms with Gasteiger partial charge in [-0.2, -0.15) is 0 Å². The zero-order valence-electron chi connectivity index (χ0n) is 17.0. The molecule has 0 spiro atoms. The fourth-order valence-corrected chi connectivity index (χ4v) is 5.09. The van der Waals surface area contributed by atoms with Gasteiger partial charge in [0.2, 0.25) is 11.8 Å². The summed E-state index contributed by atoms with van der Waals surface area (Å²) in [6.07, 6.45) is 1.90. The second-order valence-electron chi connectivity index (χ2n) is 7.52. The second-order valence-corrected chi connectivity index (χ2v) is 9.42. The number of amides is 4. The lowest BCUT2D eigenvalue weighted by atomic mass is 10.1. The number of benzene rings is 2. The predicted molar refractivity (Wildman–Crippen MR) is 126 cm³/mol. The van der Waals surface area contributed by atoms with Gasteiger partial charge in [0.1, 0.15) is 5.25 Å². The molecule has 166 valence electrons. The van der Waals surface area contributed by atoms with Crippen molar-refractivity contribution in [3.63, 3.8) is 0 Å². The number of imide groups is 1. The standard InChI is InChI=1S/C23H21Cl2N3O3S/c24-17-7-5-15(6-8-17)14-28-19-10-12-32-21(19)22(30)27(23(28)31)11-9-20(29)26-13-16-3-1-2-4-18(16)25/h1-8,10,12,19,21H,9,11,13-14H2,(H,26,29). The molecule has 2 aromatic carbocycles. The van der Waals surface area contributed by atoms with Crippen molar-refractivity contribution >= 4 is 52.8 Å². The van der Waals surface area contributed by atoms with E-state index in [2.05, 4.69) is 5.32 Å². The number of rotatable bonds is 7. The maximum absolute atomic E-state index is 13.2. The van der Waals surface area contributed by atoms with Crippen LogP contribution in [0.4, 0.5) is 4.79 Å². The SMILES string of the molecule is O=C(CCN1C(=O)C2SC=CC2N(Cc2ccc(Cl)cc2)C1=O)NCc1ccccc1Cl. The zero-order chi connectivity index (χ0) is 22.7. The first kappa shape index (κ1) is 22.7. The molecule has 0 aliphatic carbocycles. The van der Waals surface area contributed by atoms with Crippen LogP contribution in [-0.2, 0) is 22.7 Å². The van der Waals surface area contributed by atoms with Crippen LogP contribution in [0.1, 0.15) is 17.5 Å². The van der Waals surface area contributed by atoms with Crippen LogP contribution in [0.5, 0.6) is 0 Å². The molecule has 1 N–H and O–H groups in total. The van der Waals surface area contributed by atoms with Gasteiger partial charge in [0, 0.05) is 36.1 Å². The molecular weight excluding hydrogens is 469 g/mol. The smallest absolute Gasteiger partial charge is 0.327 e. The van der Waals surface area contributed by atoms with Gasteiger partial charge in [-0.3, -0.25) is 14.5 Å². The highest BCUT2D eigenvalue weighted by Gasteiger charge is 2.47. The lowest BCUT2D eigenvalue weighted by molar-refractivity contribution is -0.131. The Labute approximate surface area is 200 Å². The van der Waals surface area contributed by atoms with Crippen LogP contribution < -0.4 is 5.32 Å². The average molecular weight is 490 g/mol. The van der Waals surface area contributed by atoms with E-state index in [0.29, 0.717) is 16.6 Å². The number of thioether (sulfide) groups is 1. The Kier molecular flexibility index (Phi) is 7.08. The molecule has 6 nitrogen and oxygen atoms in total. The molecule has 2 unspecified atom stereocenters. The van der Waals surface area contributed by atoms with Crippen LogP contribution in [0.2, 0.25) is 10.0 Å². The van der Waals surface area contributed by atoms with E-state index in [1.54, 1.807) is 23.1 Å². The quantitative estimate of drug-likeness (QED) is 0.622. The van der Waals surface area contributed by atoms with Crippen LogP contribution in [0.25, 0.3) is 0 Å². The summed E-state index contributed by atoms with van der Waals surface area (Å²) in [6.45, 7) is 0.658. The molecule has 2 atom stereocenters. The van der Waals surface area contributed by atoms with E-state index in [0.717, 1.165) is 11.1 Å². The molecule has 4 amide bonds. The van der Waals surface area contributed by atoms with Gasteiger partial charge in [0.25, 0.3) is 0 Å². The minimum absolute atomic E-state index is 0.0200. The Bertz CT molecular complexity index is 1060. The van der Waals surface area contributed by atoms with Gasteiger partial charge in [-0.25, -0.2) is 4.79 Å². The first-order chi connectivity index (χ1) is 15.4. The minimum atomic E-state index is -0.397. The Balaban J connectivity index is 1.40. The number of fused-ring (bicyclic) bond motifs is 1. The number of hydrogen-bond acceptors (Lipinski definition) is 4. The molecule has 2 heterocycles. The third kappa shape index (κ3) is 4.95. The Morgan fingerprint density at radius 2 is 1.81 bits per heavy atom. The van der Waals surface area contributed by atoms with E-state index in [1.807, 2.05) is 41.8 Å². The second kappa shape index (κ2) is 9.98. The van der Waals surface area contributed by atoms with Crippen LogP contribution in [0.3, 0.4) is 0 Å². The molecule has 0 aromatic heterocycles. The maximum Gasteiger partial charge on any atom is 0.327 e. The normalized spacial score (nSPS) is 19.9. The molecule has 4 rings (SSSR count). The van der Waals surface area contributed by atoms with Crippen molar-refractivity contribution in [3.05, 3.63) is 81.2 Å². The van der Waals surface area contributed by atoms with Gasteiger partial charge in [-0.15, -0.1) is 11.8 Å². The lowest BCUT2D eigenvalue weighted by Crippen LogP contribution is -2.61. The van der Waals surface area contributed by atoms with E-state index in [-0.39, 0.29) is 37.4 Å². The summed E-state index contributed by atoms with van der Waals surface area (Å²) in [5.41, 5.74) is 1.72. The molecule has 2 aromatic rings. The number of urea groups is 1. The molecule has 2 aliphatic rings. The van der Waals surface area contributed by atoms with Gasteiger partial charge in [0.15, 0.2) is 0 Å². The molecular formula is C23H21Cl2N3O3S. The van der Waals surface area contributed by atoms with Gasteiger partial charge < -0.3 is 10.2 Å². The number of nitrogens with zero attached hydrogens (tertiary/aromatic N) is 2. The highest BCUT2D eigenvalue weighted by Crippen LogP contribution is 2.35. The summed E-state index contributed by atoms with van der Waals surface area (Å²) in [6, 6.07) is 13.8. The highest BCUT2D eigenvalue weighted by molar-refractivity contribution is 8.03. The third-order valence-electron chi connectivity index (χ3n) is 5.42. The van der Waals surface area contributed by atoms with E-state index in [1.165, 1.54) is 16.7 Å². The van der Waals surface area contributed by atoms with Crippen molar-refractivity contribution in [2.24, 2.45) is 0 Å². The molecule has 1 saturated heterocycles. The molecule has 0 radical (unpaired) electrons. The first-order valence-electron chi connectivity index (χ1n) is 10.1. The van der Waals surface area contributed by atoms with Crippen LogP contribution in [0.15, 0.2) is 60.0 Å². The van der Waals surface area contributed by atoms with E-state index >= 15 is 0 Å². The first-order valence-corrected chi connectivity index (χ1v) is 11.8. The Morgan fingerprint density at radius 1 is 1.06 bits per heavy atom. The summed E-state index contributed by atoms with van der Waals surface area (Å²) < 4.78 is 0. The summed E-state index contributed by atoms with van der Waals surface area (Å²) >= 11 is 13.5. The van der Waals surface area contributed by atoms with Gasteiger partial charge in [-0.05, 0) is 34.7 Å². The minimum Gasteiger partial charge on any atom is -0.352 e. The van der Waals surface area contributed by atoms with Gasteiger partial charge >= 0.3 is 6.03 Å². The third-order valence-corrected chi connectivity index (χ3v) is 7.13. The molecule has 9 heteroatoms. The fourth-order valence-electron chi connectivity index (χ4n) is 3.70. The predicted octanol–water partition coefficient (Wildman–Crippen LogP) is 4.46. The average Bonchev–Trinajstić information content (AvgIpc) is 3.27. The Hall–Kier alpha value is -2.48. The van der Waals surface area contributed by atoms with Gasteiger partial charge in [-0.1, -0.05) is 59.6 Å². The molecule has 32 heavy (non-hydrogen) atoms. The summed E-state index contributed by atoms with van der Waals surface area (Å²) in [5.74, 6) is -0.518. The number of carbonyl (C=O) groups excluding carboxylic acids is 3. The van der Waals surface area contributed by atoms with Crippen LogP contribution in [-0.4, -0.2) is 45.5 Å². The molecule has 1 fully saturated rings. The van der Waals surface area contributed by atoms with Crippen molar-refractivity contribution in [2.45, 2.75) is 30.8 Å².